The maximum absolute atomic E-state index is 13.0. The van der Waals surface area contributed by atoms with Gasteiger partial charge in [0.15, 0.2) is 0 Å². The largest absolute Gasteiger partial charge is 0.325 e. The average Bonchev–Trinajstić information content (AvgIpc) is 3.40. The first-order valence-corrected chi connectivity index (χ1v) is 9.13. The van der Waals surface area contributed by atoms with Crippen LogP contribution in [0.5, 0.6) is 0 Å². The van der Waals surface area contributed by atoms with Crippen LogP contribution in [0.4, 0.5) is 11.4 Å². The summed E-state index contributed by atoms with van der Waals surface area (Å²) in [5, 5.41) is 5.98. The fourth-order valence-corrected chi connectivity index (χ4v) is 3.21. The molecule has 0 aliphatic heterocycles. The molecule has 0 atom stereocenters. The number of hydrogen-bond acceptors (Lipinski definition) is 2. The summed E-state index contributed by atoms with van der Waals surface area (Å²) in [6.07, 6.45) is 1.17. The van der Waals surface area contributed by atoms with Crippen molar-refractivity contribution in [3.8, 4) is 0 Å². The van der Waals surface area contributed by atoms with Gasteiger partial charge in [-0.05, 0) is 55.4 Å². The second kappa shape index (κ2) is 6.94. The molecule has 1 aliphatic rings. The van der Waals surface area contributed by atoms with Crippen LogP contribution in [0.3, 0.4) is 0 Å². The van der Waals surface area contributed by atoms with Gasteiger partial charge in [0.1, 0.15) is 5.41 Å². The number of amides is 2. The molecule has 4 nitrogen and oxygen atoms in total. The highest BCUT2D eigenvalue weighted by Crippen LogP contribution is 2.48. The van der Waals surface area contributed by atoms with Gasteiger partial charge in [-0.15, -0.1) is 0 Å². The highest BCUT2D eigenvalue weighted by Gasteiger charge is 2.56. The SMILES string of the molecule is Cc1ccccc1NC(=O)C1(C(=O)Nc2c(C)cccc2C(C)C)CC1. The molecule has 0 bridgehead atoms. The molecule has 0 radical (unpaired) electrons. The minimum Gasteiger partial charge on any atom is -0.325 e. The van der Waals surface area contributed by atoms with Gasteiger partial charge in [0.25, 0.3) is 0 Å². The zero-order valence-corrected chi connectivity index (χ0v) is 15.8. The third-order valence-corrected chi connectivity index (χ3v) is 5.18. The summed E-state index contributed by atoms with van der Waals surface area (Å²) in [6.45, 7) is 8.12. The van der Waals surface area contributed by atoms with E-state index < -0.39 is 5.41 Å². The summed E-state index contributed by atoms with van der Waals surface area (Å²) >= 11 is 0. The second-order valence-corrected chi connectivity index (χ2v) is 7.50. The number of aryl methyl sites for hydroxylation is 2. The Morgan fingerprint density at radius 3 is 2.12 bits per heavy atom. The Morgan fingerprint density at radius 2 is 1.50 bits per heavy atom. The number of para-hydroxylation sites is 2. The molecule has 2 aromatic rings. The van der Waals surface area contributed by atoms with Crippen molar-refractivity contribution in [3.05, 3.63) is 59.2 Å². The molecule has 26 heavy (non-hydrogen) atoms. The summed E-state index contributed by atoms with van der Waals surface area (Å²) in [6, 6.07) is 13.6. The molecule has 1 fully saturated rings. The Morgan fingerprint density at radius 1 is 0.885 bits per heavy atom. The molecule has 2 amide bonds. The lowest BCUT2D eigenvalue weighted by molar-refractivity contribution is -0.131. The third kappa shape index (κ3) is 3.36. The molecule has 2 N–H and O–H groups in total. The fourth-order valence-electron chi connectivity index (χ4n) is 3.21. The first kappa shape index (κ1) is 18.2. The van der Waals surface area contributed by atoms with Crippen LogP contribution >= 0.6 is 0 Å². The monoisotopic (exact) mass is 350 g/mol. The van der Waals surface area contributed by atoms with Crippen LogP contribution in [0.2, 0.25) is 0 Å². The lowest BCUT2D eigenvalue weighted by Gasteiger charge is -2.20. The fraction of sp³-hybridized carbons (Fsp3) is 0.364. The van der Waals surface area contributed by atoms with Crippen LogP contribution in [0.25, 0.3) is 0 Å². The van der Waals surface area contributed by atoms with Gasteiger partial charge in [-0.3, -0.25) is 9.59 Å². The number of carbonyl (C=O) groups excluding carboxylic acids is 2. The molecular weight excluding hydrogens is 324 g/mol. The van der Waals surface area contributed by atoms with E-state index in [0.717, 1.165) is 28.1 Å². The van der Waals surface area contributed by atoms with E-state index >= 15 is 0 Å². The molecule has 0 aromatic heterocycles. The molecule has 2 aromatic carbocycles. The normalized spacial score (nSPS) is 14.8. The van der Waals surface area contributed by atoms with E-state index in [-0.39, 0.29) is 11.8 Å². The topological polar surface area (TPSA) is 58.2 Å². The van der Waals surface area contributed by atoms with E-state index in [1.807, 2.05) is 56.3 Å². The number of rotatable bonds is 5. The van der Waals surface area contributed by atoms with Crippen molar-refractivity contribution in [2.24, 2.45) is 5.41 Å². The Hall–Kier alpha value is -2.62. The molecule has 136 valence electrons. The summed E-state index contributed by atoms with van der Waals surface area (Å²) in [4.78, 5) is 25.8. The van der Waals surface area contributed by atoms with Gasteiger partial charge in [-0.25, -0.2) is 0 Å². The summed E-state index contributed by atoms with van der Waals surface area (Å²) < 4.78 is 0. The van der Waals surface area contributed by atoms with Gasteiger partial charge < -0.3 is 10.6 Å². The molecule has 4 heteroatoms. The van der Waals surface area contributed by atoms with Gasteiger partial charge in [-0.2, -0.15) is 0 Å². The summed E-state index contributed by atoms with van der Waals surface area (Å²) in [5.74, 6) is -0.134. The van der Waals surface area contributed by atoms with E-state index in [0.29, 0.717) is 18.8 Å². The van der Waals surface area contributed by atoms with Crippen molar-refractivity contribution < 1.29 is 9.59 Å². The Balaban J connectivity index is 1.80. The number of benzene rings is 2. The minimum absolute atomic E-state index is 0.209. The molecule has 0 unspecified atom stereocenters. The van der Waals surface area contributed by atoms with E-state index in [4.69, 9.17) is 0 Å². The van der Waals surface area contributed by atoms with Gasteiger partial charge in [-0.1, -0.05) is 50.2 Å². The summed E-state index contributed by atoms with van der Waals surface area (Å²) in [7, 11) is 0. The highest BCUT2D eigenvalue weighted by molar-refractivity contribution is 6.17. The highest BCUT2D eigenvalue weighted by atomic mass is 16.2. The van der Waals surface area contributed by atoms with Crippen LogP contribution in [0.15, 0.2) is 42.5 Å². The number of carbonyl (C=O) groups is 2. The molecule has 1 saturated carbocycles. The van der Waals surface area contributed by atoms with Crippen molar-refractivity contribution in [1.29, 1.82) is 0 Å². The average molecular weight is 350 g/mol. The first-order chi connectivity index (χ1) is 12.3. The van der Waals surface area contributed by atoms with E-state index in [1.165, 1.54) is 0 Å². The van der Waals surface area contributed by atoms with Crippen LogP contribution in [0, 0.1) is 19.3 Å². The Labute approximate surface area is 155 Å². The number of hydrogen-bond donors (Lipinski definition) is 2. The van der Waals surface area contributed by atoms with Crippen molar-refractivity contribution in [3.63, 3.8) is 0 Å². The molecule has 0 saturated heterocycles. The van der Waals surface area contributed by atoms with E-state index in [2.05, 4.69) is 24.5 Å². The minimum atomic E-state index is -0.960. The number of anilines is 2. The van der Waals surface area contributed by atoms with E-state index in [9.17, 15) is 9.59 Å². The maximum Gasteiger partial charge on any atom is 0.240 e. The Bertz CT molecular complexity index is 851. The summed E-state index contributed by atoms with van der Waals surface area (Å²) in [5.41, 5.74) is 3.72. The first-order valence-electron chi connectivity index (χ1n) is 9.13. The predicted molar refractivity (Wildman–Crippen MR) is 105 cm³/mol. The van der Waals surface area contributed by atoms with Gasteiger partial charge in [0.2, 0.25) is 11.8 Å². The van der Waals surface area contributed by atoms with Gasteiger partial charge in [0, 0.05) is 11.4 Å². The molecule has 0 spiro atoms. The standard InChI is InChI=1S/C22H26N2O2/c1-14(2)17-10-7-9-16(4)19(17)24-21(26)22(12-13-22)20(25)23-18-11-6-5-8-15(18)3/h5-11,14H,12-13H2,1-4H3,(H,23,25)(H,24,26). The Kier molecular flexibility index (Phi) is 4.86. The zero-order valence-electron chi connectivity index (χ0n) is 15.8. The lowest BCUT2D eigenvalue weighted by atomic mass is 9.97. The maximum atomic E-state index is 13.0. The predicted octanol–water partition coefficient (Wildman–Crippen LogP) is 4.78. The van der Waals surface area contributed by atoms with Crippen LogP contribution in [-0.2, 0) is 9.59 Å². The van der Waals surface area contributed by atoms with Crippen molar-refractivity contribution in [2.75, 3.05) is 10.6 Å². The van der Waals surface area contributed by atoms with Crippen molar-refractivity contribution in [2.45, 2.75) is 46.5 Å². The van der Waals surface area contributed by atoms with Crippen LogP contribution in [0.1, 0.15) is 49.3 Å². The van der Waals surface area contributed by atoms with Crippen molar-refractivity contribution in [1.82, 2.24) is 0 Å². The van der Waals surface area contributed by atoms with E-state index in [1.54, 1.807) is 0 Å². The second-order valence-electron chi connectivity index (χ2n) is 7.50. The molecule has 3 rings (SSSR count). The zero-order chi connectivity index (χ0) is 18.9. The van der Waals surface area contributed by atoms with Crippen molar-refractivity contribution >= 4 is 23.2 Å². The lowest BCUT2D eigenvalue weighted by Crippen LogP contribution is -2.36. The quantitative estimate of drug-likeness (QED) is 0.762. The molecule has 1 aliphatic carbocycles. The number of nitrogens with one attached hydrogen (secondary N) is 2. The smallest absolute Gasteiger partial charge is 0.240 e. The van der Waals surface area contributed by atoms with Gasteiger partial charge in [0.05, 0.1) is 0 Å². The van der Waals surface area contributed by atoms with Crippen LogP contribution < -0.4 is 10.6 Å². The third-order valence-electron chi connectivity index (χ3n) is 5.18. The van der Waals surface area contributed by atoms with Crippen LogP contribution in [-0.4, -0.2) is 11.8 Å². The molecule has 0 heterocycles. The van der Waals surface area contributed by atoms with Gasteiger partial charge >= 0.3 is 0 Å². The molecular formula is C22H26N2O2.